The van der Waals surface area contributed by atoms with E-state index in [2.05, 4.69) is 9.88 Å². The average molecular weight is 448 g/mol. The maximum Gasteiger partial charge on any atom is 0.255 e. The molecular formula is C25H25FN4O3. The highest BCUT2D eigenvalue weighted by molar-refractivity contribution is 6.21. The quantitative estimate of drug-likeness (QED) is 0.503. The Kier molecular flexibility index (Phi) is 5.17. The van der Waals surface area contributed by atoms with Gasteiger partial charge in [-0.15, -0.1) is 0 Å². The van der Waals surface area contributed by atoms with E-state index in [1.165, 1.54) is 16.7 Å². The summed E-state index contributed by atoms with van der Waals surface area (Å²) in [4.78, 5) is 22.2. The Balaban J connectivity index is 1.69. The van der Waals surface area contributed by atoms with E-state index >= 15 is 0 Å². The number of nitrogens with zero attached hydrogens (tertiary/aromatic N) is 4. The predicted molar refractivity (Wildman–Crippen MR) is 124 cm³/mol. The van der Waals surface area contributed by atoms with Crippen molar-refractivity contribution in [2.24, 2.45) is 7.05 Å². The highest BCUT2D eigenvalue weighted by Gasteiger charge is 2.28. The summed E-state index contributed by atoms with van der Waals surface area (Å²) in [6, 6.07) is 8.11. The zero-order valence-corrected chi connectivity index (χ0v) is 18.5. The molecule has 1 aliphatic rings. The number of aromatic nitrogens is 2. The van der Waals surface area contributed by atoms with E-state index in [-0.39, 0.29) is 34.3 Å². The molecule has 0 unspecified atom stereocenters. The lowest BCUT2D eigenvalue weighted by molar-refractivity contribution is 0.0668. The molecule has 2 N–H and O–H groups in total. The van der Waals surface area contributed by atoms with Crippen LogP contribution in [-0.4, -0.2) is 68.7 Å². The van der Waals surface area contributed by atoms with Gasteiger partial charge in [-0.3, -0.25) is 9.78 Å². The molecule has 0 aliphatic carbocycles. The van der Waals surface area contributed by atoms with E-state index in [4.69, 9.17) is 0 Å². The number of phenols is 1. The number of aromatic hydroxyl groups is 2. The highest BCUT2D eigenvalue weighted by Crippen LogP contribution is 2.42. The molecule has 0 atom stereocenters. The molecule has 170 valence electrons. The summed E-state index contributed by atoms with van der Waals surface area (Å²) in [6.07, 6.45) is 3.81. The van der Waals surface area contributed by atoms with Gasteiger partial charge in [0.1, 0.15) is 11.3 Å². The standard InChI is InChI=1S/C25H25FN4O3/c1-28-7-9-30(10-8-28)25(33)20-18-12-16(11-15-3-5-17(26)6-4-15)13-27-22(18)23(31)21-19(20)14-29(2)24(21)32/h3-6,12-14,31-32H,7-11H2,1-2H3. The summed E-state index contributed by atoms with van der Waals surface area (Å²) in [5.74, 6) is -0.716. The number of likely N-dealkylation sites (N-methyl/N-ethyl adjacent to an activating group) is 1. The van der Waals surface area contributed by atoms with Crippen LogP contribution in [0, 0.1) is 5.82 Å². The van der Waals surface area contributed by atoms with Crippen molar-refractivity contribution in [3.8, 4) is 11.6 Å². The van der Waals surface area contributed by atoms with E-state index in [9.17, 15) is 19.4 Å². The van der Waals surface area contributed by atoms with Crippen molar-refractivity contribution in [1.29, 1.82) is 0 Å². The van der Waals surface area contributed by atoms with Gasteiger partial charge in [0, 0.05) is 56.4 Å². The lowest BCUT2D eigenvalue weighted by Crippen LogP contribution is -2.47. The van der Waals surface area contributed by atoms with Crippen LogP contribution in [0.15, 0.2) is 42.7 Å². The van der Waals surface area contributed by atoms with Crippen LogP contribution in [0.25, 0.3) is 21.7 Å². The van der Waals surface area contributed by atoms with Crippen molar-refractivity contribution in [3.63, 3.8) is 0 Å². The molecule has 1 aliphatic heterocycles. The van der Waals surface area contributed by atoms with E-state index in [1.807, 2.05) is 18.0 Å². The van der Waals surface area contributed by atoms with Gasteiger partial charge in [0.25, 0.3) is 5.91 Å². The first-order valence-electron chi connectivity index (χ1n) is 10.9. The molecule has 1 amide bonds. The van der Waals surface area contributed by atoms with Crippen LogP contribution in [0.2, 0.25) is 0 Å². The molecular weight excluding hydrogens is 423 g/mol. The second kappa shape index (κ2) is 8.04. The first kappa shape index (κ1) is 21.2. The SMILES string of the molecule is CN1CCN(C(=O)c2c3cc(Cc4ccc(F)cc4)cnc3c(O)c3c(O)n(C)cc23)CC1. The van der Waals surface area contributed by atoms with Crippen LogP contribution in [0.3, 0.4) is 0 Å². The summed E-state index contributed by atoms with van der Waals surface area (Å²) in [5, 5.41) is 22.8. The number of carbonyl (C=O) groups is 1. The van der Waals surface area contributed by atoms with Crippen LogP contribution < -0.4 is 0 Å². The molecule has 8 heteroatoms. The maximum absolute atomic E-state index is 13.7. The number of rotatable bonds is 3. The Morgan fingerprint density at radius 2 is 1.73 bits per heavy atom. The van der Waals surface area contributed by atoms with Crippen LogP contribution in [0.5, 0.6) is 11.6 Å². The molecule has 4 aromatic rings. The van der Waals surface area contributed by atoms with Crippen LogP contribution in [0.4, 0.5) is 4.39 Å². The smallest absolute Gasteiger partial charge is 0.255 e. The molecule has 7 nitrogen and oxygen atoms in total. The molecule has 0 spiro atoms. The lowest BCUT2D eigenvalue weighted by atomic mass is 9.97. The third-order valence-electron chi connectivity index (χ3n) is 6.42. The van der Waals surface area contributed by atoms with Gasteiger partial charge >= 0.3 is 0 Å². The Morgan fingerprint density at radius 1 is 1.03 bits per heavy atom. The van der Waals surface area contributed by atoms with Gasteiger partial charge < -0.3 is 24.6 Å². The van der Waals surface area contributed by atoms with E-state index in [0.29, 0.717) is 35.8 Å². The van der Waals surface area contributed by atoms with Gasteiger partial charge in [0.15, 0.2) is 5.75 Å². The molecule has 33 heavy (non-hydrogen) atoms. The second-order valence-corrected chi connectivity index (χ2v) is 8.71. The largest absolute Gasteiger partial charge is 0.505 e. The average Bonchev–Trinajstić information content (AvgIpc) is 3.10. The fourth-order valence-electron chi connectivity index (χ4n) is 4.52. The summed E-state index contributed by atoms with van der Waals surface area (Å²) in [7, 11) is 3.69. The van der Waals surface area contributed by atoms with Gasteiger partial charge in [-0.1, -0.05) is 12.1 Å². The molecule has 1 fully saturated rings. The van der Waals surface area contributed by atoms with Gasteiger partial charge in [-0.05, 0) is 42.8 Å². The maximum atomic E-state index is 13.7. The van der Waals surface area contributed by atoms with Crippen molar-refractivity contribution in [3.05, 3.63) is 65.2 Å². The number of amides is 1. The van der Waals surface area contributed by atoms with Crippen LogP contribution >= 0.6 is 0 Å². The monoisotopic (exact) mass is 448 g/mol. The number of aryl methyl sites for hydroxylation is 1. The summed E-state index contributed by atoms with van der Waals surface area (Å²) < 4.78 is 14.8. The molecule has 5 rings (SSSR count). The number of carbonyl (C=O) groups excluding carboxylic acids is 1. The van der Waals surface area contributed by atoms with E-state index in [1.54, 1.807) is 31.6 Å². The Labute approximate surface area is 190 Å². The van der Waals surface area contributed by atoms with Crippen LogP contribution in [-0.2, 0) is 13.5 Å². The number of hydrogen-bond acceptors (Lipinski definition) is 5. The zero-order chi connectivity index (χ0) is 23.3. The minimum Gasteiger partial charge on any atom is -0.505 e. The molecule has 2 aromatic heterocycles. The predicted octanol–water partition coefficient (Wildman–Crippen LogP) is 3.26. The van der Waals surface area contributed by atoms with E-state index in [0.717, 1.165) is 24.2 Å². The Morgan fingerprint density at radius 3 is 2.42 bits per heavy atom. The zero-order valence-electron chi connectivity index (χ0n) is 18.5. The number of benzene rings is 2. The van der Waals surface area contributed by atoms with Gasteiger partial charge in [-0.25, -0.2) is 4.39 Å². The summed E-state index contributed by atoms with van der Waals surface area (Å²) >= 11 is 0. The number of pyridine rings is 1. The normalized spacial score (nSPS) is 14.9. The van der Waals surface area contributed by atoms with Crippen molar-refractivity contribution in [2.75, 3.05) is 33.2 Å². The molecule has 0 saturated carbocycles. The molecule has 0 radical (unpaired) electrons. The minimum atomic E-state index is -0.299. The number of piperazine rings is 1. The Hall–Kier alpha value is -3.65. The fraction of sp³-hybridized carbons (Fsp3) is 0.280. The summed E-state index contributed by atoms with van der Waals surface area (Å²) in [6.45, 7) is 2.75. The van der Waals surface area contributed by atoms with Gasteiger partial charge in [0.2, 0.25) is 5.88 Å². The summed E-state index contributed by atoms with van der Waals surface area (Å²) in [5.41, 5.74) is 2.43. The third kappa shape index (κ3) is 3.66. The van der Waals surface area contributed by atoms with Crippen LogP contribution in [0.1, 0.15) is 21.5 Å². The number of fused-ring (bicyclic) bond motifs is 2. The van der Waals surface area contributed by atoms with Crippen molar-refractivity contribution >= 4 is 27.6 Å². The number of phenolic OH excluding ortho intramolecular Hbond substituents is 1. The fourth-order valence-corrected chi connectivity index (χ4v) is 4.52. The van der Waals surface area contributed by atoms with Crippen molar-refractivity contribution < 1.29 is 19.4 Å². The van der Waals surface area contributed by atoms with Crippen molar-refractivity contribution in [2.45, 2.75) is 6.42 Å². The number of halogens is 1. The number of hydrogen-bond donors (Lipinski definition) is 2. The first-order chi connectivity index (χ1) is 15.8. The molecule has 1 saturated heterocycles. The topological polar surface area (TPSA) is 81.8 Å². The Bertz CT molecular complexity index is 1370. The second-order valence-electron chi connectivity index (χ2n) is 8.71. The molecule has 0 bridgehead atoms. The van der Waals surface area contributed by atoms with Crippen molar-refractivity contribution in [1.82, 2.24) is 19.4 Å². The van der Waals surface area contributed by atoms with Gasteiger partial charge in [0.05, 0.1) is 10.9 Å². The first-order valence-corrected chi connectivity index (χ1v) is 10.9. The third-order valence-corrected chi connectivity index (χ3v) is 6.42. The molecule has 2 aromatic carbocycles. The van der Waals surface area contributed by atoms with E-state index < -0.39 is 0 Å². The highest BCUT2D eigenvalue weighted by atomic mass is 19.1. The minimum absolute atomic E-state index is 0.117. The van der Waals surface area contributed by atoms with Gasteiger partial charge in [-0.2, -0.15) is 0 Å². The molecule has 3 heterocycles. The lowest BCUT2D eigenvalue weighted by Gasteiger charge is -2.32.